The number of carbonyl (C=O) groups excluding carboxylic acids is 1. The molecule has 0 saturated carbocycles. The van der Waals surface area contributed by atoms with Gasteiger partial charge in [0.05, 0.1) is 0 Å². The molecule has 2 unspecified atom stereocenters. The van der Waals surface area contributed by atoms with E-state index in [1.807, 2.05) is 32.6 Å². The van der Waals surface area contributed by atoms with E-state index >= 15 is 0 Å². The first-order valence-corrected chi connectivity index (χ1v) is 8.03. The van der Waals surface area contributed by atoms with Crippen molar-refractivity contribution in [3.05, 3.63) is 0 Å². The fourth-order valence-corrected chi connectivity index (χ4v) is 2.10. The van der Waals surface area contributed by atoms with E-state index in [0.29, 0.717) is 30.3 Å². The Morgan fingerprint density at radius 2 is 1.53 bits per heavy atom. The SMILES string of the molecule is CC.CC.CC(C)CCC(=O)N1CC(C)NC(C)C1. The summed E-state index contributed by atoms with van der Waals surface area (Å²) in [5.41, 5.74) is 0. The maximum atomic E-state index is 11.9. The first-order valence-electron chi connectivity index (χ1n) is 8.03. The Balaban J connectivity index is 0. The molecule has 1 heterocycles. The van der Waals surface area contributed by atoms with Crippen LogP contribution in [0.25, 0.3) is 0 Å². The van der Waals surface area contributed by atoms with Gasteiger partial charge in [-0.15, -0.1) is 0 Å². The van der Waals surface area contributed by atoms with Crippen LogP contribution < -0.4 is 5.32 Å². The Morgan fingerprint density at radius 1 is 1.11 bits per heavy atom. The van der Waals surface area contributed by atoms with E-state index in [1.54, 1.807) is 0 Å². The highest BCUT2D eigenvalue weighted by Gasteiger charge is 2.24. The van der Waals surface area contributed by atoms with Crippen molar-refractivity contribution in [2.75, 3.05) is 13.1 Å². The number of hydrogen-bond donors (Lipinski definition) is 1. The largest absolute Gasteiger partial charge is 0.340 e. The summed E-state index contributed by atoms with van der Waals surface area (Å²) < 4.78 is 0. The highest BCUT2D eigenvalue weighted by Crippen LogP contribution is 2.10. The Kier molecular flexibility index (Phi) is 13.6. The number of piperazine rings is 1. The molecule has 1 rings (SSSR count). The summed E-state index contributed by atoms with van der Waals surface area (Å²) in [4.78, 5) is 13.9. The highest BCUT2D eigenvalue weighted by molar-refractivity contribution is 5.76. The average Bonchev–Trinajstić information content (AvgIpc) is 2.39. The maximum Gasteiger partial charge on any atom is 0.222 e. The van der Waals surface area contributed by atoms with Crippen LogP contribution in [-0.4, -0.2) is 36.0 Å². The second-order valence-electron chi connectivity index (χ2n) is 5.20. The molecule has 0 aromatic rings. The lowest BCUT2D eigenvalue weighted by Gasteiger charge is -2.36. The molecule has 3 heteroatoms. The molecule has 0 aliphatic carbocycles. The molecule has 1 amide bonds. The summed E-state index contributed by atoms with van der Waals surface area (Å²) >= 11 is 0. The smallest absolute Gasteiger partial charge is 0.222 e. The van der Waals surface area contributed by atoms with Crippen LogP contribution in [0.4, 0.5) is 0 Å². The minimum Gasteiger partial charge on any atom is -0.340 e. The molecule has 3 nitrogen and oxygen atoms in total. The minimum absolute atomic E-state index is 0.323. The molecule has 1 fully saturated rings. The molecule has 1 aliphatic heterocycles. The van der Waals surface area contributed by atoms with Crippen molar-refractivity contribution >= 4 is 5.91 Å². The molecule has 0 aromatic heterocycles. The van der Waals surface area contributed by atoms with Crippen molar-refractivity contribution in [3.63, 3.8) is 0 Å². The van der Waals surface area contributed by atoms with E-state index in [0.717, 1.165) is 19.5 Å². The number of hydrogen-bond acceptors (Lipinski definition) is 2. The van der Waals surface area contributed by atoms with Gasteiger partial charge in [0.2, 0.25) is 5.91 Å². The third-order valence-electron chi connectivity index (χ3n) is 2.85. The van der Waals surface area contributed by atoms with Crippen LogP contribution >= 0.6 is 0 Å². The van der Waals surface area contributed by atoms with Gasteiger partial charge in [-0.1, -0.05) is 41.5 Å². The lowest BCUT2D eigenvalue weighted by molar-refractivity contribution is -0.133. The van der Waals surface area contributed by atoms with Gasteiger partial charge in [-0.3, -0.25) is 4.79 Å². The molecule has 2 atom stereocenters. The van der Waals surface area contributed by atoms with Crippen LogP contribution in [0.3, 0.4) is 0 Å². The predicted molar refractivity (Wildman–Crippen MR) is 85.4 cm³/mol. The van der Waals surface area contributed by atoms with Crippen molar-refractivity contribution < 1.29 is 4.79 Å². The number of rotatable bonds is 3. The van der Waals surface area contributed by atoms with Gasteiger partial charge in [-0.05, 0) is 26.2 Å². The quantitative estimate of drug-likeness (QED) is 0.850. The summed E-state index contributed by atoms with van der Waals surface area (Å²) in [6, 6.07) is 0.855. The summed E-state index contributed by atoms with van der Waals surface area (Å²) in [6.45, 7) is 18.3. The van der Waals surface area contributed by atoms with Crippen LogP contribution in [-0.2, 0) is 4.79 Å². The van der Waals surface area contributed by atoms with Crippen LogP contribution in [0.2, 0.25) is 0 Å². The zero-order valence-electron chi connectivity index (χ0n) is 14.4. The zero-order valence-corrected chi connectivity index (χ0v) is 14.4. The first-order chi connectivity index (χ1) is 8.99. The van der Waals surface area contributed by atoms with Gasteiger partial charge in [-0.25, -0.2) is 0 Å². The normalized spacial score (nSPS) is 22.1. The van der Waals surface area contributed by atoms with E-state index in [4.69, 9.17) is 0 Å². The molecule has 19 heavy (non-hydrogen) atoms. The van der Waals surface area contributed by atoms with Crippen LogP contribution in [0, 0.1) is 5.92 Å². The monoisotopic (exact) mass is 272 g/mol. The Labute approximate surface area is 121 Å². The van der Waals surface area contributed by atoms with E-state index < -0.39 is 0 Å². The third kappa shape index (κ3) is 9.94. The van der Waals surface area contributed by atoms with Crippen LogP contribution in [0.15, 0.2) is 0 Å². The topological polar surface area (TPSA) is 32.3 Å². The summed E-state index contributed by atoms with van der Waals surface area (Å²) in [7, 11) is 0. The number of nitrogens with zero attached hydrogens (tertiary/aromatic N) is 1. The van der Waals surface area contributed by atoms with E-state index in [9.17, 15) is 4.79 Å². The Bertz CT molecular complexity index is 207. The van der Waals surface area contributed by atoms with Crippen molar-refractivity contribution in [3.8, 4) is 0 Å². The molecule has 0 spiro atoms. The summed E-state index contributed by atoms with van der Waals surface area (Å²) in [5, 5.41) is 3.44. The van der Waals surface area contributed by atoms with Gasteiger partial charge >= 0.3 is 0 Å². The molecule has 1 saturated heterocycles. The lowest BCUT2D eigenvalue weighted by atomic mass is 10.1. The van der Waals surface area contributed by atoms with Crippen molar-refractivity contribution in [1.29, 1.82) is 0 Å². The van der Waals surface area contributed by atoms with Crippen LogP contribution in [0.1, 0.15) is 68.2 Å². The van der Waals surface area contributed by atoms with Gasteiger partial charge in [0.1, 0.15) is 0 Å². The number of amides is 1. The highest BCUT2D eigenvalue weighted by atomic mass is 16.2. The second kappa shape index (κ2) is 12.5. The summed E-state index contributed by atoms with van der Waals surface area (Å²) in [5.74, 6) is 0.940. The fourth-order valence-electron chi connectivity index (χ4n) is 2.10. The van der Waals surface area contributed by atoms with Crippen molar-refractivity contribution in [2.24, 2.45) is 5.92 Å². The number of carbonyl (C=O) groups is 1. The third-order valence-corrected chi connectivity index (χ3v) is 2.85. The first kappa shape index (κ1) is 20.7. The van der Waals surface area contributed by atoms with Gasteiger partial charge < -0.3 is 10.2 Å². The zero-order chi connectivity index (χ0) is 15.4. The van der Waals surface area contributed by atoms with Gasteiger partial charge in [-0.2, -0.15) is 0 Å². The lowest BCUT2D eigenvalue weighted by Crippen LogP contribution is -2.55. The molecule has 0 bridgehead atoms. The van der Waals surface area contributed by atoms with Crippen molar-refractivity contribution in [2.45, 2.75) is 80.3 Å². The predicted octanol–water partition coefficient (Wildman–Crippen LogP) is 3.68. The molecule has 0 aromatic carbocycles. The van der Waals surface area contributed by atoms with E-state index in [2.05, 4.69) is 33.0 Å². The molecule has 0 radical (unpaired) electrons. The van der Waals surface area contributed by atoms with Crippen molar-refractivity contribution in [1.82, 2.24) is 10.2 Å². The Hall–Kier alpha value is -0.570. The Morgan fingerprint density at radius 3 is 1.89 bits per heavy atom. The fraction of sp³-hybridized carbons (Fsp3) is 0.938. The number of nitrogens with one attached hydrogen (secondary N) is 1. The summed E-state index contributed by atoms with van der Waals surface area (Å²) in [6.07, 6.45) is 1.71. The molecular weight excluding hydrogens is 236 g/mol. The van der Waals surface area contributed by atoms with Gasteiger partial charge in [0, 0.05) is 31.6 Å². The molecule has 116 valence electrons. The van der Waals surface area contributed by atoms with Gasteiger partial charge in [0.25, 0.3) is 0 Å². The van der Waals surface area contributed by atoms with E-state index in [-0.39, 0.29) is 0 Å². The molecule has 1 N–H and O–H groups in total. The second-order valence-corrected chi connectivity index (χ2v) is 5.20. The maximum absolute atomic E-state index is 11.9. The molecular formula is C16H36N2O. The molecule has 1 aliphatic rings. The van der Waals surface area contributed by atoms with E-state index in [1.165, 1.54) is 0 Å². The standard InChI is InChI=1S/C12H24N2O.2C2H6/c1-9(2)5-6-12(15)14-7-10(3)13-11(4)8-14;2*1-2/h9-11,13H,5-8H2,1-4H3;2*1-2H3. The average molecular weight is 272 g/mol. The van der Waals surface area contributed by atoms with Gasteiger partial charge in [0.15, 0.2) is 0 Å². The minimum atomic E-state index is 0.323. The van der Waals surface area contributed by atoms with Crippen LogP contribution in [0.5, 0.6) is 0 Å².